The molecule has 0 fully saturated rings. The van der Waals surface area contributed by atoms with Gasteiger partial charge in [0.1, 0.15) is 11.3 Å². The number of hydrogen-bond acceptors (Lipinski definition) is 4. The van der Waals surface area contributed by atoms with E-state index in [4.69, 9.17) is 14.1 Å². The Balaban J connectivity index is 1.54. The molecule has 1 aromatic heterocycles. The molecule has 4 heteroatoms. The predicted octanol–water partition coefficient (Wildman–Crippen LogP) is 8.73. The summed E-state index contributed by atoms with van der Waals surface area (Å²) in [5.74, 6) is 1.43. The first-order valence-electron chi connectivity index (χ1n) is 13.0. The van der Waals surface area contributed by atoms with Crippen molar-refractivity contribution in [1.82, 2.24) is 4.98 Å². The molecule has 4 aromatic carbocycles. The highest BCUT2D eigenvalue weighted by molar-refractivity contribution is 6.10. The molecule has 0 saturated carbocycles. The van der Waals surface area contributed by atoms with Crippen molar-refractivity contribution in [2.75, 3.05) is 25.1 Å². The highest BCUT2D eigenvalue weighted by Crippen LogP contribution is 2.37. The number of aromatic nitrogens is 1. The van der Waals surface area contributed by atoms with E-state index in [1.54, 1.807) is 7.11 Å². The minimum absolute atomic E-state index is 0.618. The summed E-state index contributed by atoms with van der Waals surface area (Å²) in [5.41, 5.74) is 6.29. The Morgan fingerprint density at radius 3 is 2.06 bits per heavy atom. The Bertz CT molecular complexity index is 1430. The maximum absolute atomic E-state index is 6.30. The number of fused-ring (bicyclic) bond motifs is 3. The zero-order valence-electron chi connectivity index (χ0n) is 21.5. The van der Waals surface area contributed by atoms with Gasteiger partial charge >= 0.3 is 0 Å². The van der Waals surface area contributed by atoms with Crippen LogP contribution in [-0.4, -0.2) is 25.2 Å². The molecule has 0 aliphatic heterocycles. The lowest BCUT2D eigenvalue weighted by Gasteiger charge is -2.25. The summed E-state index contributed by atoms with van der Waals surface area (Å²) >= 11 is 0. The first-order chi connectivity index (χ1) is 17.7. The van der Waals surface area contributed by atoms with E-state index in [-0.39, 0.29) is 0 Å². The van der Waals surface area contributed by atoms with E-state index in [0.717, 1.165) is 40.9 Å². The minimum Gasteiger partial charge on any atom is -0.497 e. The molecule has 0 radical (unpaired) electrons. The minimum atomic E-state index is 0.618. The van der Waals surface area contributed by atoms with E-state index >= 15 is 0 Å². The molecule has 4 nitrogen and oxygen atoms in total. The smallest absolute Gasteiger partial charge is 0.227 e. The summed E-state index contributed by atoms with van der Waals surface area (Å²) in [6.45, 7) is 6.73. The van der Waals surface area contributed by atoms with Gasteiger partial charge < -0.3 is 14.1 Å². The van der Waals surface area contributed by atoms with Crippen molar-refractivity contribution < 1.29 is 9.15 Å². The van der Waals surface area contributed by atoms with Crippen molar-refractivity contribution in [2.45, 2.75) is 39.5 Å². The average Bonchev–Trinajstić information content (AvgIpc) is 3.37. The van der Waals surface area contributed by atoms with E-state index in [1.165, 1.54) is 47.9 Å². The first kappa shape index (κ1) is 23.9. The summed E-state index contributed by atoms with van der Waals surface area (Å²) < 4.78 is 11.6. The van der Waals surface area contributed by atoms with Crippen LogP contribution in [0.1, 0.15) is 39.5 Å². The lowest BCUT2D eigenvalue weighted by molar-refractivity contribution is 0.415. The summed E-state index contributed by atoms with van der Waals surface area (Å²) in [6, 6.07) is 27.5. The van der Waals surface area contributed by atoms with Gasteiger partial charge in [0, 0.05) is 29.7 Å². The van der Waals surface area contributed by atoms with Crippen LogP contribution in [0.2, 0.25) is 0 Å². The molecule has 184 valence electrons. The van der Waals surface area contributed by atoms with Gasteiger partial charge in [-0.25, -0.2) is 4.98 Å². The summed E-state index contributed by atoms with van der Waals surface area (Å²) in [7, 11) is 1.67. The van der Waals surface area contributed by atoms with Crippen LogP contribution in [-0.2, 0) is 0 Å². The number of hydrogen-bond donors (Lipinski definition) is 0. The molecule has 0 aliphatic carbocycles. The first-order valence-corrected chi connectivity index (χ1v) is 13.0. The molecular weight excluding hydrogens is 444 g/mol. The fourth-order valence-corrected chi connectivity index (χ4v) is 4.77. The molecule has 1 heterocycles. The molecule has 0 spiro atoms. The lowest BCUT2D eigenvalue weighted by Crippen LogP contribution is -2.25. The Kier molecular flexibility index (Phi) is 7.22. The average molecular weight is 479 g/mol. The largest absolute Gasteiger partial charge is 0.497 e. The van der Waals surface area contributed by atoms with Gasteiger partial charge in [-0.3, -0.25) is 0 Å². The molecule has 0 aliphatic rings. The lowest BCUT2D eigenvalue weighted by atomic mass is 9.97. The molecular formula is C32H34N2O2. The zero-order valence-corrected chi connectivity index (χ0v) is 21.5. The van der Waals surface area contributed by atoms with Crippen LogP contribution in [0.25, 0.3) is 44.5 Å². The van der Waals surface area contributed by atoms with Gasteiger partial charge in [0.05, 0.1) is 7.11 Å². The van der Waals surface area contributed by atoms with Crippen LogP contribution < -0.4 is 9.64 Å². The van der Waals surface area contributed by atoms with Gasteiger partial charge in [-0.15, -0.1) is 0 Å². The third kappa shape index (κ3) is 4.81. The van der Waals surface area contributed by atoms with Crippen molar-refractivity contribution >= 4 is 27.6 Å². The van der Waals surface area contributed by atoms with E-state index in [2.05, 4.69) is 73.3 Å². The van der Waals surface area contributed by atoms with Gasteiger partial charge in [0.15, 0.2) is 5.58 Å². The fraction of sp³-hybridized carbons (Fsp3) is 0.281. The normalized spacial score (nSPS) is 11.3. The molecule has 0 bridgehead atoms. The highest BCUT2D eigenvalue weighted by Gasteiger charge is 2.16. The molecule has 36 heavy (non-hydrogen) atoms. The third-order valence-corrected chi connectivity index (χ3v) is 6.84. The van der Waals surface area contributed by atoms with Crippen LogP contribution in [0.4, 0.5) is 5.69 Å². The van der Waals surface area contributed by atoms with E-state index < -0.39 is 0 Å². The summed E-state index contributed by atoms with van der Waals surface area (Å²) in [6.07, 6.45) is 4.86. The quantitative estimate of drug-likeness (QED) is 0.201. The van der Waals surface area contributed by atoms with E-state index in [1.807, 2.05) is 24.3 Å². The number of rotatable bonds is 10. The van der Waals surface area contributed by atoms with E-state index in [0.29, 0.717) is 5.89 Å². The summed E-state index contributed by atoms with van der Waals surface area (Å²) in [5, 5.41) is 2.25. The van der Waals surface area contributed by atoms with Crippen molar-refractivity contribution in [3.63, 3.8) is 0 Å². The Morgan fingerprint density at radius 1 is 0.778 bits per heavy atom. The summed E-state index contributed by atoms with van der Waals surface area (Å²) in [4.78, 5) is 7.40. The molecule has 0 saturated heterocycles. The van der Waals surface area contributed by atoms with Gasteiger partial charge in [-0.1, -0.05) is 63.1 Å². The van der Waals surface area contributed by atoms with Gasteiger partial charge in [-0.2, -0.15) is 0 Å². The van der Waals surface area contributed by atoms with Crippen LogP contribution in [0, 0.1) is 0 Å². The third-order valence-electron chi connectivity index (χ3n) is 6.84. The number of methoxy groups -OCH3 is 1. The van der Waals surface area contributed by atoms with Crippen molar-refractivity contribution in [1.29, 1.82) is 0 Å². The second kappa shape index (κ2) is 10.9. The molecule has 0 atom stereocenters. The van der Waals surface area contributed by atoms with Crippen LogP contribution in [0.5, 0.6) is 5.75 Å². The van der Waals surface area contributed by atoms with E-state index in [9.17, 15) is 0 Å². The highest BCUT2D eigenvalue weighted by atomic mass is 16.5. The maximum atomic E-state index is 6.30. The molecule has 5 aromatic rings. The van der Waals surface area contributed by atoms with Crippen molar-refractivity contribution in [3.8, 4) is 28.3 Å². The second-order valence-corrected chi connectivity index (χ2v) is 9.31. The second-order valence-electron chi connectivity index (χ2n) is 9.31. The number of benzene rings is 4. The fourth-order valence-electron chi connectivity index (χ4n) is 4.77. The SMILES string of the molecule is CCCCN(CCCC)c1ccc(-c2cc3nc(-c4ccc(OC)cc4)oc3c3ccccc23)cc1. The number of anilines is 1. The Hall–Kier alpha value is -3.79. The maximum Gasteiger partial charge on any atom is 0.227 e. The molecule has 0 unspecified atom stereocenters. The Morgan fingerprint density at radius 2 is 1.42 bits per heavy atom. The van der Waals surface area contributed by atoms with Gasteiger partial charge in [0.25, 0.3) is 0 Å². The Labute approximate surface area is 213 Å². The van der Waals surface area contributed by atoms with Crippen molar-refractivity contribution in [2.24, 2.45) is 0 Å². The number of nitrogens with zero attached hydrogens (tertiary/aromatic N) is 2. The van der Waals surface area contributed by atoms with Gasteiger partial charge in [-0.05, 0) is 71.8 Å². The molecule has 0 N–H and O–H groups in total. The number of ether oxygens (including phenoxy) is 1. The zero-order chi connectivity index (χ0) is 24.9. The monoisotopic (exact) mass is 478 g/mol. The van der Waals surface area contributed by atoms with Crippen LogP contribution >= 0.6 is 0 Å². The topological polar surface area (TPSA) is 38.5 Å². The van der Waals surface area contributed by atoms with Gasteiger partial charge in [0.2, 0.25) is 5.89 Å². The number of oxazole rings is 1. The molecule has 5 rings (SSSR count). The predicted molar refractivity (Wildman–Crippen MR) is 151 cm³/mol. The van der Waals surface area contributed by atoms with Crippen molar-refractivity contribution in [3.05, 3.63) is 78.9 Å². The standard InChI is InChI=1S/C32H34N2O2/c1-4-6-20-34(21-7-5-2)25-16-12-23(13-17-25)29-22-30-31(28-11-9-8-10-27(28)29)36-32(33-30)24-14-18-26(35-3)19-15-24/h8-19,22H,4-7,20-21H2,1-3H3. The molecule has 0 amide bonds. The van der Waals surface area contributed by atoms with Crippen LogP contribution in [0.3, 0.4) is 0 Å². The van der Waals surface area contributed by atoms with Crippen LogP contribution in [0.15, 0.2) is 83.3 Å². The number of unbranched alkanes of at least 4 members (excludes halogenated alkanes) is 2.